The molecular formula is C27H25FN6O4. The number of nitrogens with one attached hydrogen (secondary N) is 3. The Morgan fingerprint density at radius 3 is 2.47 bits per heavy atom. The van der Waals surface area contributed by atoms with Crippen LogP contribution in [0.15, 0.2) is 48.8 Å². The number of hydrogen-bond acceptors (Lipinski definition) is 8. The number of anilines is 2. The number of carbonyl (C=O) groups is 3. The van der Waals surface area contributed by atoms with Crippen LogP contribution in [0.25, 0.3) is 0 Å². The van der Waals surface area contributed by atoms with E-state index in [9.17, 15) is 14.4 Å². The van der Waals surface area contributed by atoms with Gasteiger partial charge in [0.25, 0.3) is 0 Å². The summed E-state index contributed by atoms with van der Waals surface area (Å²) < 4.78 is 20.7. The summed E-state index contributed by atoms with van der Waals surface area (Å²) in [7, 11) is 0. The number of nitriles is 1. The number of aromatic nitrogens is 2. The summed E-state index contributed by atoms with van der Waals surface area (Å²) in [5, 5.41) is 17.2. The van der Waals surface area contributed by atoms with Gasteiger partial charge in [0.15, 0.2) is 5.78 Å². The van der Waals surface area contributed by atoms with Crippen molar-refractivity contribution < 1.29 is 23.5 Å². The average molecular weight is 517 g/mol. The molecule has 10 nitrogen and oxygen atoms in total. The zero-order valence-corrected chi connectivity index (χ0v) is 20.7. The zero-order chi connectivity index (χ0) is 27.2. The molecule has 1 saturated carbocycles. The first-order valence-corrected chi connectivity index (χ1v) is 12.1. The van der Waals surface area contributed by atoms with E-state index in [1.807, 2.05) is 13.0 Å². The van der Waals surface area contributed by atoms with Gasteiger partial charge in [0.1, 0.15) is 29.3 Å². The van der Waals surface area contributed by atoms with Crippen molar-refractivity contribution in [1.82, 2.24) is 15.3 Å². The van der Waals surface area contributed by atoms with Crippen LogP contribution in [0.3, 0.4) is 0 Å². The number of pyridine rings is 2. The van der Waals surface area contributed by atoms with Crippen molar-refractivity contribution in [3.63, 3.8) is 0 Å². The van der Waals surface area contributed by atoms with Crippen molar-refractivity contribution in [2.75, 3.05) is 17.2 Å². The summed E-state index contributed by atoms with van der Waals surface area (Å²) in [6.07, 6.45) is 3.16. The number of nitrogens with zero attached hydrogens (tertiary/aromatic N) is 3. The van der Waals surface area contributed by atoms with E-state index in [0.29, 0.717) is 24.3 Å². The number of ketones is 1. The number of carbonyl (C=O) groups excluding carboxylic acids is 3. The van der Waals surface area contributed by atoms with Crippen molar-refractivity contribution in [1.29, 1.82) is 5.26 Å². The highest BCUT2D eigenvalue weighted by Crippen LogP contribution is 2.47. The van der Waals surface area contributed by atoms with E-state index in [0.717, 1.165) is 0 Å². The van der Waals surface area contributed by atoms with Gasteiger partial charge < -0.3 is 15.4 Å². The van der Waals surface area contributed by atoms with Crippen LogP contribution in [0.5, 0.6) is 5.75 Å². The first-order valence-electron chi connectivity index (χ1n) is 12.1. The van der Waals surface area contributed by atoms with Crippen molar-refractivity contribution in [3.8, 4) is 11.8 Å². The zero-order valence-electron chi connectivity index (χ0n) is 20.7. The highest BCUT2D eigenvalue weighted by atomic mass is 19.1. The lowest BCUT2D eigenvalue weighted by molar-refractivity contribution is 0.0729. The van der Waals surface area contributed by atoms with Gasteiger partial charge in [-0.2, -0.15) is 5.26 Å². The Morgan fingerprint density at radius 2 is 1.84 bits per heavy atom. The van der Waals surface area contributed by atoms with Gasteiger partial charge in [-0.05, 0) is 49.7 Å². The van der Waals surface area contributed by atoms with Gasteiger partial charge in [-0.1, -0.05) is 6.92 Å². The smallest absolute Gasteiger partial charge is 0.345 e. The molecule has 2 heterocycles. The van der Waals surface area contributed by atoms with Crippen LogP contribution < -0.4 is 20.7 Å². The fourth-order valence-corrected chi connectivity index (χ4v) is 3.92. The molecule has 2 aromatic heterocycles. The summed E-state index contributed by atoms with van der Waals surface area (Å²) in [4.78, 5) is 46.2. The van der Waals surface area contributed by atoms with E-state index in [-0.39, 0.29) is 40.5 Å². The molecule has 1 fully saturated rings. The predicted octanol–water partition coefficient (Wildman–Crippen LogP) is 4.41. The van der Waals surface area contributed by atoms with E-state index < -0.39 is 29.8 Å². The van der Waals surface area contributed by atoms with Crippen molar-refractivity contribution in [2.24, 2.45) is 0 Å². The standard InChI is InChI=1S/C27H25FN6O4/c1-3-21(35)17-7-8-19(28)24(25(17)38-26(36)16-6-10-22(30-4-2)32-14-16)18-11-20(18)33-27(37)34-23-9-5-15(12-29)13-31-23/h5-10,13-14,18,20H,3-4,11H2,1-2H3,(H,30,32)(H2,31,33,34,37)/t18-,20+/m1/s1. The van der Waals surface area contributed by atoms with E-state index >= 15 is 4.39 Å². The number of Topliss-reactive ketones (excluding diaryl/α,β-unsaturated/α-hetero) is 1. The van der Waals surface area contributed by atoms with Gasteiger partial charge in [0, 0.05) is 42.9 Å². The van der Waals surface area contributed by atoms with Crippen molar-refractivity contribution in [2.45, 2.75) is 38.6 Å². The molecule has 0 saturated heterocycles. The number of ether oxygens (including phenoxy) is 1. The topological polar surface area (TPSA) is 146 Å². The summed E-state index contributed by atoms with van der Waals surface area (Å²) in [6, 6.07) is 9.51. The largest absolute Gasteiger partial charge is 0.422 e. The van der Waals surface area contributed by atoms with Crippen LogP contribution in [0.2, 0.25) is 0 Å². The Labute approximate surface area is 218 Å². The SMILES string of the molecule is CCNc1ccc(C(=O)Oc2c(C(=O)CC)ccc(F)c2[C@@H]2C[C@@H]2NC(=O)Nc2ccc(C#N)cn2)cn1. The van der Waals surface area contributed by atoms with Crippen LogP contribution in [-0.2, 0) is 0 Å². The number of amides is 2. The maximum atomic E-state index is 15.1. The molecule has 11 heteroatoms. The van der Waals surface area contributed by atoms with Gasteiger partial charge >= 0.3 is 12.0 Å². The molecular weight excluding hydrogens is 491 g/mol. The quantitative estimate of drug-likeness (QED) is 0.215. The Balaban J connectivity index is 1.54. The third-order valence-electron chi connectivity index (χ3n) is 5.93. The van der Waals surface area contributed by atoms with Crippen LogP contribution in [-0.4, -0.2) is 40.3 Å². The highest BCUT2D eigenvalue weighted by molar-refractivity contribution is 6.01. The van der Waals surface area contributed by atoms with E-state index in [4.69, 9.17) is 10.00 Å². The second-order valence-corrected chi connectivity index (χ2v) is 8.56. The Kier molecular flexibility index (Phi) is 7.91. The first-order chi connectivity index (χ1) is 18.3. The van der Waals surface area contributed by atoms with Gasteiger partial charge in [-0.25, -0.2) is 23.9 Å². The first kappa shape index (κ1) is 26.2. The number of urea groups is 1. The maximum Gasteiger partial charge on any atom is 0.345 e. The lowest BCUT2D eigenvalue weighted by atomic mass is 10.00. The number of hydrogen-bond donors (Lipinski definition) is 3. The number of esters is 1. The van der Waals surface area contributed by atoms with Gasteiger partial charge in [-0.15, -0.1) is 0 Å². The summed E-state index contributed by atoms with van der Waals surface area (Å²) in [5.74, 6) is -1.60. The molecule has 1 aliphatic rings. The third-order valence-corrected chi connectivity index (χ3v) is 5.93. The monoisotopic (exact) mass is 516 g/mol. The molecule has 0 bridgehead atoms. The second kappa shape index (κ2) is 11.5. The molecule has 0 radical (unpaired) electrons. The van der Waals surface area contributed by atoms with Crippen LogP contribution in [0, 0.1) is 17.1 Å². The van der Waals surface area contributed by atoms with E-state index in [1.54, 1.807) is 13.0 Å². The molecule has 0 aliphatic heterocycles. The Morgan fingerprint density at radius 1 is 1.08 bits per heavy atom. The minimum absolute atomic E-state index is 0.0525. The average Bonchev–Trinajstić information content (AvgIpc) is 3.67. The Bertz CT molecular complexity index is 1400. The van der Waals surface area contributed by atoms with Crippen LogP contribution in [0.4, 0.5) is 20.8 Å². The lowest BCUT2D eigenvalue weighted by Gasteiger charge is -2.15. The molecule has 2 amide bonds. The van der Waals surface area contributed by atoms with Crippen LogP contribution >= 0.6 is 0 Å². The van der Waals surface area contributed by atoms with Crippen molar-refractivity contribution >= 4 is 29.4 Å². The number of halogens is 1. The van der Waals surface area contributed by atoms with Crippen LogP contribution in [0.1, 0.15) is 64.4 Å². The van der Waals surface area contributed by atoms with Gasteiger partial charge in [0.2, 0.25) is 0 Å². The van der Waals surface area contributed by atoms with Gasteiger partial charge in [0.05, 0.1) is 16.7 Å². The molecule has 0 spiro atoms. The molecule has 38 heavy (non-hydrogen) atoms. The normalized spacial score (nSPS) is 15.6. The lowest BCUT2D eigenvalue weighted by Crippen LogP contribution is -2.31. The van der Waals surface area contributed by atoms with E-state index in [2.05, 4.69) is 25.9 Å². The molecule has 1 aromatic carbocycles. The molecule has 2 atom stereocenters. The summed E-state index contributed by atoms with van der Waals surface area (Å²) in [6.45, 7) is 4.23. The maximum absolute atomic E-state index is 15.1. The fourth-order valence-electron chi connectivity index (χ4n) is 3.92. The predicted molar refractivity (Wildman–Crippen MR) is 137 cm³/mol. The molecule has 0 unspecified atom stereocenters. The fraction of sp³-hybridized carbons (Fsp3) is 0.259. The number of benzene rings is 1. The third kappa shape index (κ3) is 5.92. The molecule has 4 rings (SSSR count). The summed E-state index contributed by atoms with van der Waals surface area (Å²) in [5.41, 5.74) is 0.626. The highest BCUT2D eigenvalue weighted by Gasteiger charge is 2.44. The van der Waals surface area contributed by atoms with Crippen molar-refractivity contribution in [3.05, 3.63) is 76.9 Å². The van der Waals surface area contributed by atoms with E-state index in [1.165, 1.54) is 42.7 Å². The number of rotatable bonds is 9. The molecule has 194 valence electrons. The molecule has 3 N–H and O–H groups in total. The minimum atomic E-state index is -0.785. The molecule has 1 aliphatic carbocycles. The minimum Gasteiger partial charge on any atom is -0.422 e. The van der Waals surface area contributed by atoms with Gasteiger partial charge in [-0.3, -0.25) is 10.1 Å². The second-order valence-electron chi connectivity index (χ2n) is 8.56. The summed E-state index contributed by atoms with van der Waals surface area (Å²) >= 11 is 0. The Hall–Kier alpha value is -4.85. The molecule has 3 aromatic rings.